The first-order chi connectivity index (χ1) is 12.8. The fourth-order valence-electron chi connectivity index (χ4n) is 2.88. The number of aryl methyl sites for hydroxylation is 2. The van der Waals surface area contributed by atoms with Gasteiger partial charge in [-0.25, -0.2) is 12.8 Å². The zero-order valence-electron chi connectivity index (χ0n) is 15.1. The molecule has 1 aromatic carbocycles. The van der Waals surface area contributed by atoms with Crippen LogP contribution in [-0.4, -0.2) is 54.7 Å². The predicted molar refractivity (Wildman–Crippen MR) is 96.3 cm³/mol. The highest BCUT2D eigenvalue weighted by Gasteiger charge is 2.29. The number of nitrogens with zero attached hydrogens (tertiary/aromatic N) is 3. The van der Waals surface area contributed by atoms with Crippen molar-refractivity contribution in [3.8, 4) is 0 Å². The number of halogens is 1. The Morgan fingerprint density at radius 2 is 1.96 bits per heavy atom. The Kier molecular flexibility index (Phi) is 5.59. The van der Waals surface area contributed by atoms with Gasteiger partial charge in [-0.3, -0.25) is 9.48 Å². The van der Waals surface area contributed by atoms with Crippen molar-refractivity contribution in [1.82, 2.24) is 14.1 Å². The van der Waals surface area contributed by atoms with Gasteiger partial charge in [-0.15, -0.1) is 0 Å². The fourth-order valence-corrected chi connectivity index (χ4v) is 4.37. The molecule has 10 heteroatoms. The number of aromatic nitrogens is 2. The molecule has 27 heavy (non-hydrogen) atoms. The summed E-state index contributed by atoms with van der Waals surface area (Å²) in [5.74, 6) is -1.25. The van der Waals surface area contributed by atoms with Crippen LogP contribution in [0.1, 0.15) is 11.4 Å². The van der Waals surface area contributed by atoms with Crippen LogP contribution in [0.25, 0.3) is 0 Å². The molecule has 1 N–H and O–H groups in total. The molecule has 2 heterocycles. The summed E-state index contributed by atoms with van der Waals surface area (Å²) in [5.41, 5.74) is 1.83. The number of nitrogens with one attached hydrogen (secondary N) is 1. The lowest BCUT2D eigenvalue weighted by atomic mass is 10.3. The van der Waals surface area contributed by atoms with Gasteiger partial charge in [0.05, 0.1) is 18.9 Å². The fraction of sp³-hybridized carbons (Fsp3) is 0.412. The third-order valence-electron chi connectivity index (χ3n) is 4.20. The molecule has 0 saturated carbocycles. The first-order valence-electron chi connectivity index (χ1n) is 8.46. The molecule has 1 aliphatic rings. The minimum absolute atomic E-state index is 0.0252. The monoisotopic (exact) mass is 396 g/mol. The Morgan fingerprint density at radius 1 is 1.26 bits per heavy atom. The quantitative estimate of drug-likeness (QED) is 0.822. The van der Waals surface area contributed by atoms with Crippen molar-refractivity contribution in [3.63, 3.8) is 0 Å². The highest BCUT2D eigenvalue weighted by Crippen LogP contribution is 2.24. The van der Waals surface area contributed by atoms with Gasteiger partial charge >= 0.3 is 0 Å². The van der Waals surface area contributed by atoms with E-state index in [2.05, 4.69) is 10.4 Å². The largest absolute Gasteiger partial charge is 0.379 e. The Labute approximate surface area is 157 Å². The molecule has 0 spiro atoms. The zero-order valence-corrected chi connectivity index (χ0v) is 15.9. The van der Waals surface area contributed by atoms with Gasteiger partial charge < -0.3 is 10.1 Å². The van der Waals surface area contributed by atoms with Crippen LogP contribution in [-0.2, 0) is 26.1 Å². The van der Waals surface area contributed by atoms with Gasteiger partial charge in [-0.05, 0) is 38.1 Å². The van der Waals surface area contributed by atoms with Gasteiger partial charge in [0.15, 0.2) is 0 Å². The third-order valence-corrected chi connectivity index (χ3v) is 6.11. The summed E-state index contributed by atoms with van der Waals surface area (Å²) in [5, 5.41) is 6.80. The minimum Gasteiger partial charge on any atom is -0.379 e. The second-order valence-corrected chi connectivity index (χ2v) is 8.20. The average molecular weight is 396 g/mol. The molecule has 3 rings (SSSR count). The summed E-state index contributed by atoms with van der Waals surface area (Å²) in [4.78, 5) is 11.8. The maximum Gasteiger partial charge on any atom is 0.246 e. The molecule has 1 aliphatic heterocycles. The summed E-state index contributed by atoms with van der Waals surface area (Å²) in [6.07, 6.45) is 0. The maximum absolute atomic E-state index is 14.2. The summed E-state index contributed by atoms with van der Waals surface area (Å²) >= 11 is 0. The molecule has 0 bridgehead atoms. The Morgan fingerprint density at radius 3 is 2.59 bits per heavy atom. The van der Waals surface area contributed by atoms with Crippen molar-refractivity contribution < 1.29 is 22.3 Å². The summed E-state index contributed by atoms with van der Waals surface area (Å²) < 4.78 is 47.4. The lowest BCUT2D eigenvalue weighted by Gasteiger charge is -2.26. The van der Waals surface area contributed by atoms with E-state index in [1.165, 1.54) is 10.4 Å². The maximum atomic E-state index is 14.2. The van der Waals surface area contributed by atoms with Crippen LogP contribution in [0.2, 0.25) is 0 Å². The van der Waals surface area contributed by atoms with Crippen LogP contribution in [0, 0.1) is 19.7 Å². The van der Waals surface area contributed by atoms with E-state index in [4.69, 9.17) is 4.74 Å². The number of benzene rings is 1. The number of carbonyl (C=O) groups is 1. The number of sulfonamides is 1. The Balaban J connectivity index is 1.78. The molecule has 2 aromatic rings. The highest BCUT2D eigenvalue weighted by atomic mass is 32.2. The normalized spacial score (nSPS) is 15.7. The molecular formula is C17H21FN4O4S. The van der Waals surface area contributed by atoms with Crippen LogP contribution < -0.4 is 5.32 Å². The van der Waals surface area contributed by atoms with E-state index in [-0.39, 0.29) is 44.4 Å². The molecule has 1 fully saturated rings. The Hall–Kier alpha value is -2.30. The molecule has 1 amide bonds. The van der Waals surface area contributed by atoms with Gasteiger partial charge in [0.2, 0.25) is 15.9 Å². The van der Waals surface area contributed by atoms with Crippen molar-refractivity contribution in [2.45, 2.75) is 25.3 Å². The number of ether oxygens (including phenoxy) is 1. The first-order valence-corrected chi connectivity index (χ1v) is 9.90. The van der Waals surface area contributed by atoms with Crippen molar-refractivity contribution in [3.05, 3.63) is 41.5 Å². The molecule has 1 saturated heterocycles. The second-order valence-electron chi connectivity index (χ2n) is 6.29. The van der Waals surface area contributed by atoms with Crippen molar-refractivity contribution in [2.24, 2.45) is 0 Å². The smallest absolute Gasteiger partial charge is 0.246 e. The van der Waals surface area contributed by atoms with Crippen LogP contribution in [0.15, 0.2) is 29.2 Å². The van der Waals surface area contributed by atoms with Crippen molar-refractivity contribution in [1.29, 1.82) is 0 Å². The topological polar surface area (TPSA) is 93.5 Å². The van der Waals surface area contributed by atoms with Crippen LogP contribution in [0.5, 0.6) is 0 Å². The van der Waals surface area contributed by atoms with E-state index in [1.807, 2.05) is 19.9 Å². The third kappa shape index (κ3) is 4.34. The van der Waals surface area contributed by atoms with E-state index in [0.717, 1.165) is 23.5 Å². The molecule has 0 atom stereocenters. The van der Waals surface area contributed by atoms with E-state index >= 15 is 0 Å². The second kappa shape index (κ2) is 7.75. The lowest BCUT2D eigenvalue weighted by Crippen LogP contribution is -2.40. The summed E-state index contributed by atoms with van der Waals surface area (Å²) in [6, 6.07) is 5.34. The lowest BCUT2D eigenvalue weighted by molar-refractivity contribution is -0.116. The average Bonchev–Trinajstić information content (AvgIpc) is 2.94. The molecule has 0 radical (unpaired) electrons. The highest BCUT2D eigenvalue weighted by molar-refractivity contribution is 7.89. The Bertz CT molecular complexity index is 952. The number of rotatable bonds is 5. The number of carbonyl (C=O) groups excluding carboxylic acids is 1. The number of amides is 1. The minimum atomic E-state index is -4.00. The number of hydrogen-bond donors (Lipinski definition) is 1. The predicted octanol–water partition coefficient (Wildman–Crippen LogP) is 1.30. The van der Waals surface area contributed by atoms with E-state index in [9.17, 15) is 17.6 Å². The molecule has 0 aliphatic carbocycles. The van der Waals surface area contributed by atoms with Crippen molar-refractivity contribution in [2.75, 3.05) is 31.6 Å². The first kappa shape index (κ1) is 19.5. The zero-order chi connectivity index (χ0) is 19.6. The molecule has 146 valence electrons. The molecule has 1 aromatic heterocycles. The molecule has 8 nitrogen and oxygen atoms in total. The van der Waals surface area contributed by atoms with E-state index < -0.39 is 20.7 Å². The van der Waals surface area contributed by atoms with Gasteiger partial charge in [0, 0.05) is 24.5 Å². The van der Waals surface area contributed by atoms with Crippen LogP contribution in [0.3, 0.4) is 0 Å². The number of hydrogen-bond acceptors (Lipinski definition) is 5. The van der Waals surface area contributed by atoms with Gasteiger partial charge in [0.1, 0.15) is 17.3 Å². The number of morpholine rings is 1. The van der Waals surface area contributed by atoms with Gasteiger partial charge in [-0.1, -0.05) is 0 Å². The number of anilines is 1. The van der Waals surface area contributed by atoms with E-state index in [0.29, 0.717) is 0 Å². The van der Waals surface area contributed by atoms with Gasteiger partial charge in [0.25, 0.3) is 0 Å². The SMILES string of the molecule is Cc1cc(C)n(CC(=O)Nc2ccc(F)c(S(=O)(=O)N3CCOCC3)c2)n1. The molecule has 0 unspecified atom stereocenters. The van der Waals surface area contributed by atoms with Crippen molar-refractivity contribution >= 4 is 21.6 Å². The van der Waals surface area contributed by atoms with Gasteiger partial charge in [-0.2, -0.15) is 9.40 Å². The molecular weight excluding hydrogens is 375 g/mol. The van der Waals surface area contributed by atoms with E-state index in [1.54, 1.807) is 4.68 Å². The van der Waals surface area contributed by atoms with Crippen LogP contribution in [0.4, 0.5) is 10.1 Å². The summed E-state index contributed by atoms with van der Waals surface area (Å²) in [6.45, 7) is 4.48. The summed E-state index contributed by atoms with van der Waals surface area (Å²) in [7, 11) is -4.00. The standard InChI is InChI=1S/C17H21FN4O4S/c1-12-9-13(2)22(20-12)11-17(23)19-14-3-4-15(18)16(10-14)27(24,25)21-5-7-26-8-6-21/h3-4,9-10H,5-8,11H2,1-2H3,(H,19,23). The van der Waals surface area contributed by atoms with Crippen LogP contribution >= 0.6 is 0 Å².